The van der Waals surface area contributed by atoms with E-state index in [1.54, 1.807) is 20.8 Å². The third kappa shape index (κ3) is 2.72. The van der Waals surface area contributed by atoms with Gasteiger partial charge in [-0.3, -0.25) is 0 Å². The van der Waals surface area contributed by atoms with Gasteiger partial charge < -0.3 is 15.3 Å². The molecular formula is C14H22O3. The highest BCUT2D eigenvalue weighted by Crippen LogP contribution is 2.36. The van der Waals surface area contributed by atoms with E-state index in [9.17, 15) is 15.3 Å². The van der Waals surface area contributed by atoms with E-state index in [1.165, 1.54) is 0 Å². The molecule has 1 aromatic rings. The average molecular weight is 238 g/mol. The number of hydrogen-bond acceptors (Lipinski definition) is 3. The van der Waals surface area contributed by atoms with Crippen molar-refractivity contribution in [3.8, 4) is 11.5 Å². The standard InChI is InChI=1S/C14H22O3/c1-5-11(15)6-7-12-10(4)13(16)8(2)9(3)14(12)17/h11,15-17H,5-7H2,1-4H3. The Bertz CT molecular complexity index is 381. The van der Waals surface area contributed by atoms with Gasteiger partial charge in [0.2, 0.25) is 0 Å². The van der Waals surface area contributed by atoms with Gasteiger partial charge in [0.15, 0.2) is 0 Å². The molecule has 0 aliphatic heterocycles. The Kier molecular flexibility index (Phi) is 4.40. The molecule has 3 N–H and O–H groups in total. The largest absolute Gasteiger partial charge is 0.507 e. The number of aliphatic hydroxyl groups is 1. The van der Waals surface area contributed by atoms with Crippen molar-refractivity contribution in [3.63, 3.8) is 0 Å². The Morgan fingerprint density at radius 2 is 1.47 bits per heavy atom. The van der Waals surface area contributed by atoms with Gasteiger partial charge in [0.25, 0.3) is 0 Å². The monoisotopic (exact) mass is 238 g/mol. The first-order chi connectivity index (χ1) is 7.90. The van der Waals surface area contributed by atoms with Crippen molar-refractivity contribution in [1.82, 2.24) is 0 Å². The molecule has 3 nitrogen and oxygen atoms in total. The quantitative estimate of drug-likeness (QED) is 0.707. The highest BCUT2D eigenvalue weighted by Gasteiger charge is 2.16. The Hall–Kier alpha value is -1.22. The molecule has 0 bridgehead atoms. The van der Waals surface area contributed by atoms with E-state index in [2.05, 4.69) is 0 Å². The van der Waals surface area contributed by atoms with Crippen molar-refractivity contribution in [3.05, 3.63) is 22.3 Å². The summed E-state index contributed by atoms with van der Waals surface area (Å²) >= 11 is 0. The number of benzene rings is 1. The minimum absolute atomic E-state index is 0.251. The third-order valence-corrected chi connectivity index (χ3v) is 3.57. The van der Waals surface area contributed by atoms with Crippen LogP contribution in [0.15, 0.2) is 0 Å². The van der Waals surface area contributed by atoms with Crippen LogP contribution in [0.25, 0.3) is 0 Å². The highest BCUT2D eigenvalue weighted by atomic mass is 16.3. The molecule has 0 radical (unpaired) electrons. The number of rotatable bonds is 4. The number of aliphatic hydroxyl groups excluding tert-OH is 1. The summed E-state index contributed by atoms with van der Waals surface area (Å²) in [5, 5.41) is 29.6. The van der Waals surface area contributed by atoms with E-state index in [0.717, 1.165) is 11.1 Å². The lowest BCUT2D eigenvalue weighted by Gasteiger charge is -2.16. The average Bonchev–Trinajstić information content (AvgIpc) is 2.33. The molecule has 0 spiro atoms. The maximum absolute atomic E-state index is 10.1. The van der Waals surface area contributed by atoms with Crippen molar-refractivity contribution in [2.24, 2.45) is 0 Å². The third-order valence-electron chi connectivity index (χ3n) is 3.57. The van der Waals surface area contributed by atoms with Crippen LogP contribution in [0.3, 0.4) is 0 Å². The first-order valence-corrected chi connectivity index (χ1v) is 6.08. The van der Waals surface area contributed by atoms with Gasteiger partial charge in [-0.2, -0.15) is 0 Å². The fraction of sp³-hybridized carbons (Fsp3) is 0.571. The maximum atomic E-state index is 10.1. The van der Waals surface area contributed by atoms with Gasteiger partial charge in [-0.05, 0) is 56.7 Å². The molecule has 17 heavy (non-hydrogen) atoms. The first kappa shape index (κ1) is 13.8. The van der Waals surface area contributed by atoms with E-state index >= 15 is 0 Å². The van der Waals surface area contributed by atoms with Gasteiger partial charge in [-0.1, -0.05) is 6.92 Å². The fourth-order valence-electron chi connectivity index (χ4n) is 2.00. The molecule has 0 aliphatic rings. The predicted molar refractivity (Wildman–Crippen MR) is 68.6 cm³/mol. The van der Waals surface area contributed by atoms with E-state index in [1.807, 2.05) is 6.92 Å². The van der Waals surface area contributed by atoms with Crippen molar-refractivity contribution >= 4 is 0 Å². The summed E-state index contributed by atoms with van der Waals surface area (Å²) in [4.78, 5) is 0. The molecule has 1 unspecified atom stereocenters. The van der Waals surface area contributed by atoms with Crippen LogP contribution in [0.4, 0.5) is 0 Å². The van der Waals surface area contributed by atoms with Gasteiger partial charge in [0, 0.05) is 5.56 Å². The van der Waals surface area contributed by atoms with Gasteiger partial charge in [-0.15, -0.1) is 0 Å². The topological polar surface area (TPSA) is 60.7 Å². The van der Waals surface area contributed by atoms with Crippen LogP contribution < -0.4 is 0 Å². The summed E-state index contributed by atoms with van der Waals surface area (Å²) in [5.74, 6) is 0.502. The summed E-state index contributed by atoms with van der Waals surface area (Å²) < 4.78 is 0. The van der Waals surface area contributed by atoms with Crippen molar-refractivity contribution in [1.29, 1.82) is 0 Å². The smallest absolute Gasteiger partial charge is 0.122 e. The van der Waals surface area contributed by atoms with Crippen LogP contribution in [-0.2, 0) is 6.42 Å². The molecule has 1 atom stereocenters. The minimum atomic E-state index is -0.349. The van der Waals surface area contributed by atoms with Crippen molar-refractivity contribution in [2.45, 2.75) is 53.1 Å². The second kappa shape index (κ2) is 5.41. The van der Waals surface area contributed by atoms with Crippen molar-refractivity contribution in [2.75, 3.05) is 0 Å². The molecule has 0 saturated carbocycles. The summed E-state index contributed by atoms with van der Waals surface area (Å²) in [6, 6.07) is 0. The van der Waals surface area contributed by atoms with Crippen molar-refractivity contribution < 1.29 is 15.3 Å². The molecular weight excluding hydrogens is 216 g/mol. The second-order valence-corrected chi connectivity index (χ2v) is 4.65. The highest BCUT2D eigenvalue weighted by molar-refractivity contribution is 5.56. The molecule has 0 saturated heterocycles. The Morgan fingerprint density at radius 1 is 0.941 bits per heavy atom. The fourth-order valence-corrected chi connectivity index (χ4v) is 2.00. The van der Waals surface area contributed by atoms with Gasteiger partial charge in [0.1, 0.15) is 11.5 Å². The summed E-state index contributed by atoms with van der Waals surface area (Å²) in [6.45, 7) is 7.32. The van der Waals surface area contributed by atoms with Gasteiger partial charge in [0.05, 0.1) is 6.10 Å². The zero-order chi connectivity index (χ0) is 13.2. The molecule has 0 fully saturated rings. The summed E-state index contributed by atoms with van der Waals surface area (Å²) in [6.07, 6.45) is 1.54. The SMILES string of the molecule is CCC(O)CCc1c(C)c(O)c(C)c(C)c1O. The molecule has 1 rings (SSSR count). The van der Waals surface area contributed by atoms with Crippen LogP contribution in [0, 0.1) is 20.8 Å². The van der Waals surface area contributed by atoms with Crippen LogP contribution >= 0.6 is 0 Å². The van der Waals surface area contributed by atoms with E-state index < -0.39 is 0 Å². The van der Waals surface area contributed by atoms with Crippen LogP contribution in [0.5, 0.6) is 11.5 Å². The Morgan fingerprint density at radius 3 is 2.00 bits per heavy atom. The Balaban J connectivity index is 3.07. The zero-order valence-corrected chi connectivity index (χ0v) is 11.0. The van der Waals surface area contributed by atoms with Gasteiger partial charge in [-0.25, -0.2) is 0 Å². The minimum Gasteiger partial charge on any atom is -0.507 e. The lowest BCUT2D eigenvalue weighted by atomic mass is 9.93. The lowest BCUT2D eigenvalue weighted by molar-refractivity contribution is 0.160. The predicted octanol–water partition coefficient (Wildman–Crippen LogP) is 2.73. The van der Waals surface area contributed by atoms with Crippen LogP contribution in [-0.4, -0.2) is 21.4 Å². The zero-order valence-electron chi connectivity index (χ0n) is 11.0. The summed E-state index contributed by atoms with van der Waals surface area (Å²) in [5.41, 5.74) is 2.90. The van der Waals surface area contributed by atoms with E-state index in [4.69, 9.17) is 0 Å². The number of hydrogen-bond donors (Lipinski definition) is 3. The van der Waals surface area contributed by atoms with Crippen LogP contribution in [0.2, 0.25) is 0 Å². The van der Waals surface area contributed by atoms with E-state index in [0.29, 0.717) is 30.4 Å². The van der Waals surface area contributed by atoms with Gasteiger partial charge >= 0.3 is 0 Å². The summed E-state index contributed by atoms with van der Waals surface area (Å²) in [7, 11) is 0. The van der Waals surface area contributed by atoms with Crippen LogP contribution in [0.1, 0.15) is 42.0 Å². The molecule has 0 amide bonds. The normalized spacial score (nSPS) is 12.8. The lowest BCUT2D eigenvalue weighted by Crippen LogP contribution is -2.07. The molecule has 96 valence electrons. The molecule has 0 aromatic heterocycles. The first-order valence-electron chi connectivity index (χ1n) is 6.08. The number of phenolic OH excluding ortho intramolecular Hbond substituents is 2. The molecule has 0 heterocycles. The maximum Gasteiger partial charge on any atom is 0.122 e. The second-order valence-electron chi connectivity index (χ2n) is 4.65. The number of phenols is 2. The molecule has 1 aromatic carbocycles. The molecule has 3 heteroatoms. The molecule has 0 aliphatic carbocycles. The Labute approximate surface area is 103 Å². The van der Waals surface area contributed by atoms with E-state index in [-0.39, 0.29) is 17.6 Å². The number of aromatic hydroxyl groups is 2.